The van der Waals surface area contributed by atoms with Gasteiger partial charge in [0, 0.05) is 0 Å². The van der Waals surface area contributed by atoms with Gasteiger partial charge < -0.3 is 4.74 Å². The average Bonchev–Trinajstić information content (AvgIpc) is 2.59. The lowest BCUT2D eigenvalue weighted by atomic mass is 10.1. The molecule has 0 saturated carbocycles. The number of rotatable bonds is 4. The second-order valence-corrected chi connectivity index (χ2v) is 6.06. The van der Waals surface area contributed by atoms with Crippen LogP contribution in [0.1, 0.15) is 23.1 Å². The van der Waals surface area contributed by atoms with E-state index < -0.39 is 5.97 Å². The third-order valence-corrected chi connectivity index (χ3v) is 4.14. The van der Waals surface area contributed by atoms with E-state index in [1.807, 2.05) is 32.9 Å². The highest BCUT2D eigenvalue weighted by Gasteiger charge is 2.12. The van der Waals surface area contributed by atoms with Crippen LogP contribution in [0.25, 0.3) is 10.9 Å². The summed E-state index contributed by atoms with van der Waals surface area (Å²) in [6.45, 7) is 5.97. The van der Waals surface area contributed by atoms with Crippen molar-refractivity contribution in [2.24, 2.45) is 0 Å². The van der Waals surface area contributed by atoms with Crippen molar-refractivity contribution in [3.63, 3.8) is 0 Å². The minimum absolute atomic E-state index is 0.0410. The van der Waals surface area contributed by atoms with E-state index in [0.717, 1.165) is 16.7 Å². The molecular weight excluding hydrogens is 318 g/mol. The molecule has 0 spiro atoms. The monoisotopic (exact) mass is 337 g/mol. The molecule has 0 saturated heterocycles. The number of esters is 1. The number of hydrogen-bond acceptors (Lipinski definition) is 5. The predicted octanol–water partition coefficient (Wildman–Crippen LogP) is 2.71. The fourth-order valence-corrected chi connectivity index (χ4v) is 2.65. The molecule has 0 fully saturated rings. The Kier molecular flexibility index (Phi) is 4.61. The molecule has 3 aromatic rings. The van der Waals surface area contributed by atoms with Gasteiger partial charge in [-0.2, -0.15) is 0 Å². The number of benzene rings is 2. The zero-order chi connectivity index (χ0) is 18.0. The highest BCUT2D eigenvalue weighted by molar-refractivity contribution is 5.76. The van der Waals surface area contributed by atoms with Crippen LogP contribution in [0.4, 0.5) is 0 Å². The third-order valence-electron chi connectivity index (χ3n) is 4.14. The van der Waals surface area contributed by atoms with Gasteiger partial charge >= 0.3 is 5.97 Å². The molecule has 0 atom stereocenters. The summed E-state index contributed by atoms with van der Waals surface area (Å²) in [6.07, 6.45) is 0.0410. The summed E-state index contributed by atoms with van der Waals surface area (Å²) in [5.41, 5.74) is 3.31. The number of nitrogens with zero attached hydrogens (tertiary/aromatic N) is 3. The Balaban J connectivity index is 1.73. The molecule has 0 amide bonds. The summed E-state index contributed by atoms with van der Waals surface area (Å²) in [7, 11) is 0. The van der Waals surface area contributed by atoms with Gasteiger partial charge in [0.15, 0.2) is 0 Å². The van der Waals surface area contributed by atoms with E-state index in [1.165, 1.54) is 4.68 Å². The maximum absolute atomic E-state index is 12.4. The summed E-state index contributed by atoms with van der Waals surface area (Å²) < 4.78 is 6.65. The first-order chi connectivity index (χ1) is 12.0. The minimum atomic E-state index is -0.407. The van der Waals surface area contributed by atoms with Gasteiger partial charge in [0.25, 0.3) is 5.56 Å². The summed E-state index contributed by atoms with van der Waals surface area (Å²) >= 11 is 0. The SMILES string of the molecule is Cc1cc(C)c(C)c(OC(=O)CCn2nnc3ccccc3c2=O)c1. The lowest BCUT2D eigenvalue weighted by molar-refractivity contribution is -0.134. The van der Waals surface area contributed by atoms with Crippen molar-refractivity contribution in [3.05, 3.63) is 63.4 Å². The van der Waals surface area contributed by atoms with Crippen LogP contribution in [0.3, 0.4) is 0 Å². The standard InChI is InChI=1S/C19H19N3O3/c1-12-10-13(2)14(3)17(11-12)25-18(23)8-9-22-19(24)15-6-4-5-7-16(15)20-21-22/h4-7,10-11H,8-9H2,1-3H3. The topological polar surface area (TPSA) is 74.1 Å². The average molecular weight is 337 g/mol. The summed E-state index contributed by atoms with van der Waals surface area (Å²) in [5, 5.41) is 8.36. The molecule has 1 heterocycles. The molecule has 2 aromatic carbocycles. The number of fused-ring (bicyclic) bond motifs is 1. The van der Waals surface area contributed by atoms with Crippen LogP contribution in [-0.4, -0.2) is 21.0 Å². The molecule has 0 bridgehead atoms. The van der Waals surface area contributed by atoms with Crippen molar-refractivity contribution in [2.45, 2.75) is 33.7 Å². The van der Waals surface area contributed by atoms with E-state index in [0.29, 0.717) is 16.7 Å². The van der Waals surface area contributed by atoms with Crippen LogP contribution in [0.5, 0.6) is 5.75 Å². The van der Waals surface area contributed by atoms with Crippen LogP contribution in [0, 0.1) is 20.8 Å². The van der Waals surface area contributed by atoms with Gasteiger partial charge in [0.2, 0.25) is 0 Å². The molecule has 25 heavy (non-hydrogen) atoms. The Bertz CT molecular complexity index is 1010. The van der Waals surface area contributed by atoms with Crippen LogP contribution in [0.2, 0.25) is 0 Å². The zero-order valence-electron chi connectivity index (χ0n) is 14.4. The highest BCUT2D eigenvalue weighted by Crippen LogP contribution is 2.23. The Morgan fingerprint density at radius 3 is 2.72 bits per heavy atom. The van der Waals surface area contributed by atoms with E-state index in [2.05, 4.69) is 10.3 Å². The molecule has 0 aliphatic rings. The molecule has 3 rings (SSSR count). The third kappa shape index (κ3) is 3.57. The fourth-order valence-electron chi connectivity index (χ4n) is 2.65. The molecule has 0 aliphatic carbocycles. The maximum atomic E-state index is 12.4. The number of aryl methyl sites for hydroxylation is 3. The Labute approximate surface area is 145 Å². The zero-order valence-corrected chi connectivity index (χ0v) is 14.4. The van der Waals surface area contributed by atoms with Gasteiger partial charge in [-0.25, -0.2) is 4.68 Å². The van der Waals surface area contributed by atoms with Crippen LogP contribution < -0.4 is 10.3 Å². The van der Waals surface area contributed by atoms with Crippen LogP contribution >= 0.6 is 0 Å². The summed E-state index contributed by atoms with van der Waals surface area (Å²) in [5.74, 6) is 0.148. The Hall–Kier alpha value is -3.02. The molecule has 6 heteroatoms. The van der Waals surface area contributed by atoms with E-state index in [1.54, 1.807) is 24.3 Å². The van der Waals surface area contributed by atoms with E-state index in [4.69, 9.17) is 4.74 Å². The lowest BCUT2D eigenvalue weighted by Gasteiger charge is -2.11. The van der Waals surface area contributed by atoms with Crippen molar-refractivity contribution in [2.75, 3.05) is 0 Å². The molecule has 0 radical (unpaired) electrons. The minimum Gasteiger partial charge on any atom is -0.426 e. The quantitative estimate of drug-likeness (QED) is 0.540. The van der Waals surface area contributed by atoms with Crippen molar-refractivity contribution in [1.82, 2.24) is 15.0 Å². The second kappa shape index (κ2) is 6.84. The predicted molar refractivity (Wildman–Crippen MR) is 94.7 cm³/mol. The molecule has 1 aromatic heterocycles. The first-order valence-electron chi connectivity index (χ1n) is 8.07. The molecule has 0 unspecified atom stereocenters. The van der Waals surface area contributed by atoms with Gasteiger partial charge in [0.1, 0.15) is 11.3 Å². The van der Waals surface area contributed by atoms with Crippen molar-refractivity contribution < 1.29 is 9.53 Å². The molecule has 128 valence electrons. The van der Waals surface area contributed by atoms with Crippen LogP contribution in [0.15, 0.2) is 41.2 Å². The number of ether oxygens (including phenoxy) is 1. The highest BCUT2D eigenvalue weighted by atomic mass is 16.5. The van der Waals surface area contributed by atoms with E-state index in [-0.39, 0.29) is 18.5 Å². The van der Waals surface area contributed by atoms with Gasteiger partial charge in [-0.3, -0.25) is 9.59 Å². The molecule has 0 aliphatic heterocycles. The van der Waals surface area contributed by atoms with Crippen molar-refractivity contribution in [3.8, 4) is 5.75 Å². The maximum Gasteiger partial charge on any atom is 0.313 e. The van der Waals surface area contributed by atoms with Gasteiger partial charge in [-0.05, 0) is 55.7 Å². The van der Waals surface area contributed by atoms with E-state index in [9.17, 15) is 9.59 Å². The number of carbonyl (C=O) groups excluding carboxylic acids is 1. The first kappa shape index (κ1) is 16.8. The number of aromatic nitrogens is 3. The lowest BCUT2D eigenvalue weighted by Crippen LogP contribution is -2.26. The smallest absolute Gasteiger partial charge is 0.313 e. The van der Waals surface area contributed by atoms with Gasteiger partial charge in [-0.15, -0.1) is 5.10 Å². The molecule has 0 N–H and O–H groups in total. The normalized spacial score (nSPS) is 10.8. The Morgan fingerprint density at radius 2 is 1.92 bits per heavy atom. The number of carbonyl (C=O) groups is 1. The van der Waals surface area contributed by atoms with Crippen molar-refractivity contribution in [1.29, 1.82) is 0 Å². The van der Waals surface area contributed by atoms with Crippen molar-refractivity contribution >= 4 is 16.9 Å². The summed E-state index contributed by atoms with van der Waals surface area (Å²) in [6, 6.07) is 10.9. The Morgan fingerprint density at radius 1 is 1.16 bits per heavy atom. The largest absolute Gasteiger partial charge is 0.426 e. The second-order valence-electron chi connectivity index (χ2n) is 6.06. The molecular formula is C19H19N3O3. The first-order valence-corrected chi connectivity index (χ1v) is 8.07. The fraction of sp³-hybridized carbons (Fsp3) is 0.263. The number of hydrogen-bond donors (Lipinski definition) is 0. The van der Waals surface area contributed by atoms with Gasteiger partial charge in [0.05, 0.1) is 18.4 Å². The summed E-state index contributed by atoms with van der Waals surface area (Å²) in [4.78, 5) is 24.5. The molecule has 6 nitrogen and oxygen atoms in total. The van der Waals surface area contributed by atoms with Gasteiger partial charge in [-0.1, -0.05) is 23.4 Å². The van der Waals surface area contributed by atoms with E-state index >= 15 is 0 Å². The van der Waals surface area contributed by atoms with Crippen LogP contribution in [-0.2, 0) is 11.3 Å².